The number of carbonyl (C=O) groups is 2. The van der Waals surface area contributed by atoms with Crippen LogP contribution in [0.1, 0.15) is 27.9 Å². The molecular formula is C22H19NO3. The highest BCUT2D eigenvalue weighted by Crippen LogP contribution is 2.25. The van der Waals surface area contributed by atoms with Crippen LogP contribution in [-0.2, 0) is 22.4 Å². The Balaban J connectivity index is 1.40. The third kappa shape index (κ3) is 3.31. The topological polar surface area (TPSA) is 55.4 Å². The lowest BCUT2D eigenvalue weighted by Gasteiger charge is -2.09. The maximum absolute atomic E-state index is 12.4. The fourth-order valence-electron chi connectivity index (χ4n) is 3.46. The lowest BCUT2D eigenvalue weighted by atomic mass is 10.1. The number of aryl methyl sites for hydroxylation is 2. The van der Waals surface area contributed by atoms with Crippen LogP contribution in [0.15, 0.2) is 60.7 Å². The Morgan fingerprint density at radius 1 is 0.923 bits per heavy atom. The molecule has 3 aromatic carbocycles. The maximum Gasteiger partial charge on any atom is 0.339 e. The van der Waals surface area contributed by atoms with E-state index in [4.69, 9.17) is 4.74 Å². The van der Waals surface area contributed by atoms with Crippen molar-refractivity contribution in [3.05, 3.63) is 77.4 Å². The van der Waals surface area contributed by atoms with Gasteiger partial charge in [-0.2, -0.15) is 0 Å². The maximum atomic E-state index is 12.4. The Morgan fingerprint density at radius 3 is 2.65 bits per heavy atom. The Kier molecular flexibility index (Phi) is 4.40. The van der Waals surface area contributed by atoms with Gasteiger partial charge in [0.25, 0.3) is 5.91 Å². The minimum atomic E-state index is -0.495. The molecule has 1 aliphatic carbocycles. The number of amides is 1. The summed E-state index contributed by atoms with van der Waals surface area (Å²) in [6.45, 7) is -0.306. The van der Waals surface area contributed by atoms with E-state index < -0.39 is 5.97 Å². The minimum absolute atomic E-state index is 0.306. The fourth-order valence-corrected chi connectivity index (χ4v) is 3.46. The van der Waals surface area contributed by atoms with E-state index in [1.807, 2.05) is 48.5 Å². The van der Waals surface area contributed by atoms with E-state index in [1.54, 1.807) is 6.07 Å². The lowest BCUT2D eigenvalue weighted by molar-refractivity contribution is -0.119. The number of anilines is 1. The van der Waals surface area contributed by atoms with Gasteiger partial charge < -0.3 is 10.1 Å². The molecule has 26 heavy (non-hydrogen) atoms. The highest BCUT2D eigenvalue weighted by atomic mass is 16.5. The van der Waals surface area contributed by atoms with Crippen LogP contribution in [0.5, 0.6) is 0 Å². The number of rotatable bonds is 4. The molecule has 0 saturated heterocycles. The summed E-state index contributed by atoms with van der Waals surface area (Å²) < 4.78 is 5.21. The van der Waals surface area contributed by atoms with Gasteiger partial charge in [0.1, 0.15) is 0 Å². The Bertz CT molecular complexity index is 988. The monoisotopic (exact) mass is 345 g/mol. The second-order valence-electron chi connectivity index (χ2n) is 6.49. The van der Waals surface area contributed by atoms with E-state index in [0.29, 0.717) is 5.56 Å². The number of carbonyl (C=O) groups excluding carboxylic acids is 2. The number of nitrogens with one attached hydrogen (secondary N) is 1. The molecule has 0 aromatic heterocycles. The molecule has 1 amide bonds. The zero-order chi connectivity index (χ0) is 17.9. The molecule has 0 spiro atoms. The van der Waals surface area contributed by atoms with Gasteiger partial charge in [-0.3, -0.25) is 4.79 Å². The highest BCUT2D eigenvalue weighted by Gasteiger charge is 2.15. The van der Waals surface area contributed by atoms with Crippen molar-refractivity contribution in [2.75, 3.05) is 11.9 Å². The van der Waals surface area contributed by atoms with Crippen molar-refractivity contribution in [2.24, 2.45) is 0 Å². The van der Waals surface area contributed by atoms with E-state index in [9.17, 15) is 9.59 Å². The van der Waals surface area contributed by atoms with Crippen molar-refractivity contribution in [2.45, 2.75) is 19.3 Å². The van der Waals surface area contributed by atoms with E-state index >= 15 is 0 Å². The molecule has 0 unspecified atom stereocenters. The molecule has 0 atom stereocenters. The van der Waals surface area contributed by atoms with Crippen molar-refractivity contribution >= 4 is 28.3 Å². The van der Waals surface area contributed by atoms with Crippen LogP contribution in [0.4, 0.5) is 5.69 Å². The zero-order valence-corrected chi connectivity index (χ0v) is 14.3. The molecule has 4 rings (SSSR count). The summed E-state index contributed by atoms with van der Waals surface area (Å²) >= 11 is 0. The van der Waals surface area contributed by atoms with Gasteiger partial charge in [-0.15, -0.1) is 0 Å². The average Bonchev–Trinajstić information content (AvgIpc) is 3.13. The van der Waals surface area contributed by atoms with Crippen LogP contribution in [-0.4, -0.2) is 18.5 Å². The van der Waals surface area contributed by atoms with Crippen LogP contribution in [0, 0.1) is 0 Å². The van der Waals surface area contributed by atoms with Crippen molar-refractivity contribution in [3.63, 3.8) is 0 Å². The summed E-state index contributed by atoms with van der Waals surface area (Å²) in [5, 5.41) is 4.58. The molecule has 3 aromatic rings. The largest absolute Gasteiger partial charge is 0.452 e. The molecule has 0 aliphatic heterocycles. The summed E-state index contributed by atoms with van der Waals surface area (Å²) in [5.74, 6) is -0.831. The fraction of sp³-hybridized carbons (Fsp3) is 0.182. The quantitative estimate of drug-likeness (QED) is 0.724. The van der Waals surface area contributed by atoms with Gasteiger partial charge in [0.15, 0.2) is 6.61 Å². The van der Waals surface area contributed by atoms with E-state index in [0.717, 1.165) is 35.7 Å². The van der Waals surface area contributed by atoms with Crippen LogP contribution in [0.2, 0.25) is 0 Å². The number of ether oxygens (including phenoxy) is 1. The number of hydrogen-bond acceptors (Lipinski definition) is 3. The lowest BCUT2D eigenvalue weighted by Crippen LogP contribution is -2.21. The zero-order valence-electron chi connectivity index (χ0n) is 14.3. The summed E-state index contributed by atoms with van der Waals surface area (Å²) in [6, 6.07) is 19.0. The van der Waals surface area contributed by atoms with Crippen molar-refractivity contribution in [1.82, 2.24) is 0 Å². The van der Waals surface area contributed by atoms with Gasteiger partial charge >= 0.3 is 5.97 Å². The average molecular weight is 345 g/mol. The number of hydrogen-bond donors (Lipinski definition) is 1. The van der Waals surface area contributed by atoms with Gasteiger partial charge in [-0.1, -0.05) is 42.5 Å². The van der Waals surface area contributed by atoms with E-state index in [1.165, 1.54) is 11.1 Å². The molecule has 4 nitrogen and oxygen atoms in total. The Hall–Kier alpha value is -3.14. The van der Waals surface area contributed by atoms with Gasteiger partial charge in [0.2, 0.25) is 0 Å². The standard InChI is InChI=1S/C22H19NO3/c24-21(23-18-12-11-15-6-3-8-17(15)13-18)14-26-22(25)20-10-4-7-16-5-1-2-9-19(16)20/h1-2,4-5,7,9-13H,3,6,8,14H2,(H,23,24). The first-order chi connectivity index (χ1) is 12.7. The van der Waals surface area contributed by atoms with Gasteiger partial charge in [0, 0.05) is 5.69 Å². The summed E-state index contributed by atoms with van der Waals surface area (Å²) in [6.07, 6.45) is 3.32. The third-order valence-electron chi connectivity index (χ3n) is 4.73. The minimum Gasteiger partial charge on any atom is -0.452 e. The molecule has 1 aliphatic rings. The number of benzene rings is 3. The third-order valence-corrected chi connectivity index (χ3v) is 4.73. The molecule has 4 heteroatoms. The molecule has 1 N–H and O–H groups in total. The van der Waals surface area contributed by atoms with Crippen LogP contribution in [0.3, 0.4) is 0 Å². The van der Waals surface area contributed by atoms with Crippen molar-refractivity contribution < 1.29 is 14.3 Å². The van der Waals surface area contributed by atoms with Gasteiger partial charge in [0.05, 0.1) is 5.56 Å². The molecule has 0 saturated carbocycles. The van der Waals surface area contributed by atoms with E-state index in [2.05, 4.69) is 11.4 Å². The van der Waals surface area contributed by atoms with Crippen molar-refractivity contribution in [3.8, 4) is 0 Å². The predicted octanol–water partition coefficient (Wildman–Crippen LogP) is 4.12. The molecule has 0 radical (unpaired) electrons. The predicted molar refractivity (Wildman–Crippen MR) is 101 cm³/mol. The molecule has 0 heterocycles. The Labute approximate surface area is 151 Å². The number of esters is 1. The summed E-state index contributed by atoms with van der Waals surface area (Å²) in [7, 11) is 0. The van der Waals surface area contributed by atoms with Crippen LogP contribution >= 0.6 is 0 Å². The first-order valence-corrected chi connectivity index (χ1v) is 8.77. The van der Waals surface area contributed by atoms with Crippen LogP contribution < -0.4 is 5.32 Å². The highest BCUT2D eigenvalue weighted by molar-refractivity contribution is 6.05. The first kappa shape index (κ1) is 16.3. The molecular weight excluding hydrogens is 326 g/mol. The molecule has 130 valence electrons. The SMILES string of the molecule is O=C(COC(=O)c1cccc2ccccc12)Nc1ccc2c(c1)CCC2. The van der Waals surface area contributed by atoms with Gasteiger partial charge in [-0.05, 0) is 59.4 Å². The van der Waals surface area contributed by atoms with Crippen molar-refractivity contribution in [1.29, 1.82) is 0 Å². The van der Waals surface area contributed by atoms with Crippen LogP contribution in [0.25, 0.3) is 10.8 Å². The summed E-state index contributed by atoms with van der Waals surface area (Å²) in [4.78, 5) is 24.5. The molecule has 0 fully saturated rings. The second kappa shape index (κ2) is 7.00. The summed E-state index contributed by atoms with van der Waals surface area (Å²) in [5.41, 5.74) is 3.85. The Morgan fingerprint density at radius 2 is 1.73 bits per heavy atom. The molecule has 0 bridgehead atoms. The normalized spacial score (nSPS) is 12.6. The first-order valence-electron chi connectivity index (χ1n) is 8.77. The van der Waals surface area contributed by atoms with Gasteiger partial charge in [-0.25, -0.2) is 4.79 Å². The smallest absolute Gasteiger partial charge is 0.339 e. The second-order valence-corrected chi connectivity index (χ2v) is 6.49. The number of fused-ring (bicyclic) bond motifs is 2. The van der Waals surface area contributed by atoms with E-state index in [-0.39, 0.29) is 12.5 Å².